The van der Waals surface area contributed by atoms with Gasteiger partial charge in [0.15, 0.2) is 5.82 Å². The van der Waals surface area contributed by atoms with Crippen molar-refractivity contribution in [2.24, 2.45) is 5.92 Å². The molecule has 6 heteroatoms. The highest BCUT2D eigenvalue weighted by Crippen LogP contribution is 2.25. The number of halogens is 1. The first kappa shape index (κ1) is 21.0. The molecule has 1 amide bonds. The maximum absolute atomic E-state index is 13.1. The summed E-state index contributed by atoms with van der Waals surface area (Å²) in [5, 5.41) is 11.7. The van der Waals surface area contributed by atoms with Gasteiger partial charge in [-0.3, -0.25) is 4.79 Å². The number of rotatable bonds is 5. The lowest BCUT2D eigenvalue weighted by atomic mass is 9.95. The number of carbonyl (C=O) groups excluding carboxylic acids is 1. The van der Waals surface area contributed by atoms with Crippen molar-refractivity contribution in [2.45, 2.75) is 32.6 Å². The molecule has 2 aromatic carbocycles. The normalized spacial score (nSPS) is 14.6. The van der Waals surface area contributed by atoms with Crippen molar-refractivity contribution >= 4 is 17.4 Å². The molecule has 0 atom stereocenters. The van der Waals surface area contributed by atoms with E-state index >= 15 is 0 Å². The molecular weight excluding hydrogens is 391 g/mol. The molecular formula is C25H27FN4O. The SMILES string of the molecule is CC(C)c1ccc(NC(=O)C2CCN(c3ccc(-c4ccc(F)cc4)nn3)CC2)cc1. The average Bonchev–Trinajstić information content (AvgIpc) is 2.80. The van der Waals surface area contributed by atoms with Crippen LogP contribution in [0.15, 0.2) is 60.7 Å². The van der Waals surface area contributed by atoms with Gasteiger partial charge in [-0.05, 0) is 72.9 Å². The Morgan fingerprint density at radius 1 is 0.968 bits per heavy atom. The van der Waals surface area contributed by atoms with Crippen LogP contribution in [0, 0.1) is 11.7 Å². The number of nitrogens with zero attached hydrogens (tertiary/aromatic N) is 3. The minimum Gasteiger partial charge on any atom is -0.355 e. The van der Waals surface area contributed by atoms with E-state index in [0.29, 0.717) is 11.6 Å². The minimum absolute atomic E-state index is 0.00697. The maximum atomic E-state index is 13.1. The molecule has 1 aliphatic rings. The summed E-state index contributed by atoms with van der Waals surface area (Å²) in [4.78, 5) is 14.8. The number of benzene rings is 2. The van der Waals surface area contributed by atoms with E-state index in [9.17, 15) is 9.18 Å². The zero-order valence-electron chi connectivity index (χ0n) is 17.9. The molecule has 0 bridgehead atoms. The Labute approximate surface area is 182 Å². The quantitative estimate of drug-likeness (QED) is 0.614. The van der Waals surface area contributed by atoms with Crippen molar-refractivity contribution in [1.82, 2.24) is 10.2 Å². The number of amides is 1. The molecule has 0 aliphatic carbocycles. The van der Waals surface area contributed by atoms with Gasteiger partial charge in [0.05, 0.1) is 5.69 Å². The van der Waals surface area contributed by atoms with E-state index in [4.69, 9.17) is 0 Å². The number of hydrogen-bond acceptors (Lipinski definition) is 4. The number of carbonyl (C=O) groups is 1. The van der Waals surface area contributed by atoms with Crippen molar-refractivity contribution in [3.8, 4) is 11.3 Å². The molecule has 1 fully saturated rings. The summed E-state index contributed by atoms with van der Waals surface area (Å²) in [6, 6.07) is 18.1. The van der Waals surface area contributed by atoms with Crippen LogP contribution >= 0.6 is 0 Å². The van der Waals surface area contributed by atoms with Crippen LogP contribution in [0.5, 0.6) is 0 Å². The second-order valence-corrected chi connectivity index (χ2v) is 8.31. The zero-order valence-corrected chi connectivity index (χ0v) is 17.9. The van der Waals surface area contributed by atoms with E-state index in [-0.39, 0.29) is 17.6 Å². The molecule has 1 aliphatic heterocycles. The van der Waals surface area contributed by atoms with Crippen molar-refractivity contribution in [2.75, 3.05) is 23.3 Å². The number of piperidine rings is 1. The Morgan fingerprint density at radius 2 is 1.65 bits per heavy atom. The van der Waals surface area contributed by atoms with Gasteiger partial charge in [0.25, 0.3) is 0 Å². The van der Waals surface area contributed by atoms with Crippen LogP contribution in [-0.2, 0) is 4.79 Å². The van der Waals surface area contributed by atoms with Crippen LogP contribution in [0.3, 0.4) is 0 Å². The number of nitrogens with one attached hydrogen (secondary N) is 1. The van der Waals surface area contributed by atoms with Crippen molar-refractivity contribution in [3.63, 3.8) is 0 Å². The van der Waals surface area contributed by atoms with Crippen LogP contribution in [0.25, 0.3) is 11.3 Å². The Morgan fingerprint density at radius 3 is 2.23 bits per heavy atom. The standard InChI is InChI=1S/C25H27FN4O/c1-17(2)18-5-9-22(10-6-18)27-25(31)20-13-15-30(16-14-20)24-12-11-23(28-29-24)19-3-7-21(26)8-4-19/h3-12,17,20H,13-16H2,1-2H3,(H,27,31). The molecule has 1 saturated heterocycles. The van der Waals surface area contributed by atoms with Crippen LogP contribution in [0.2, 0.25) is 0 Å². The Hall–Kier alpha value is -3.28. The fourth-order valence-corrected chi connectivity index (χ4v) is 3.83. The first-order valence-corrected chi connectivity index (χ1v) is 10.7. The summed E-state index contributed by atoms with van der Waals surface area (Å²) >= 11 is 0. The van der Waals surface area contributed by atoms with Crippen LogP contribution in [-0.4, -0.2) is 29.2 Å². The van der Waals surface area contributed by atoms with Gasteiger partial charge in [0, 0.05) is 30.3 Å². The molecule has 31 heavy (non-hydrogen) atoms. The summed E-state index contributed by atoms with van der Waals surface area (Å²) in [6.07, 6.45) is 1.55. The predicted octanol–water partition coefficient (Wildman–Crippen LogP) is 5.26. The van der Waals surface area contributed by atoms with Gasteiger partial charge < -0.3 is 10.2 Å². The number of anilines is 2. The highest BCUT2D eigenvalue weighted by Gasteiger charge is 2.26. The Balaban J connectivity index is 1.31. The van der Waals surface area contributed by atoms with E-state index < -0.39 is 0 Å². The second kappa shape index (κ2) is 9.25. The van der Waals surface area contributed by atoms with Crippen LogP contribution in [0.4, 0.5) is 15.9 Å². The van der Waals surface area contributed by atoms with E-state index in [1.54, 1.807) is 12.1 Å². The summed E-state index contributed by atoms with van der Waals surface area (Å²) in [5.41, 5.74) is 3.65. The smallest absolute Gasteiger partial charge is 0.227 e. The third-order valence-corrected chi connectivity index (χ3v) is 5.83. The molecule has 5 nitrogen and oxygen atoms in total. The van der Waals surface area contributed by atoms with E-state index in [2.05, 4.69) is 46.4 Å². The van der Waals surface area contributed by atoms with Gasteiger partial charge in [-0.1, -0.05) is 26.0 Å². The highest BCUT2D eigenvalue weighted by molar-refractivity contribution is 5.92. The van der Waals surface area contributed by atoms with Gasteiger partial charge in [0.1, 0.15) is 5.82 Å². The van der Waals surface area contributed by atoms with Gasteiger partial charge >= 0.3 is 0 Å². The van der Waals surface area contributed by atoms with E-state index in [1.807, 2.05) is 24.3 Å². The average molecular weight is 419 g/mol. The molecule has 4 rings (SSSR count). The third kappa shape index (κ3) is 5.08. The Kier molecular flexibility index (Phi) is 6.26. The molecule has 3 aromatic rings. The molecule has 0 radical (unpaired) electrons. The lowest BCUT2D eigenvalue weighted by Gasteiger charge is -2.31. The molecule has 1 aromatic heterocycles. The van der Waals surface area contributed by atoms with Crippen molar-refractivity contribution < 1.29 is 9.18 Å². The summed E-state index contributed by atoms with van der Waals surface area (Å²) in [7, 11) is 0. The van der Waals surface area contributed by atoms with Crippen molar-refractivity contribution in [1.29, 1.82) is 0 Å². The molecule has 1 N–H and O–H groups in total. The minimum atomic E-state index is -0.271. The third-order valence-electron chi connectivity index (χ3n) is 5.83. The topological polar surface area (TPSA) is 58.1 Å². The lowest BCUT2D eigenvalue weighted by molar-refractivity contribution is -0.120. The fourth-order valence-electron chi connectivity index (χ4n) is 3.83. The van der Waals surface area contributed by atoms with Crippen LogP contribution < -0.4 is 10.2 Å². The number of aromatic nitrogens is 2. The van der Waals surface area contributed by atoms with Gasteiger partial charge in [0.2, 0.25) is 5.91 Å². The number of hydrogen-bond donors (Lipinski definition) is 1. The predicted molar refractivity (Wildman–Crippen MR) is 122 cm³/mol. The molecule has 160 valence electrons. The van der Waals surface area contributed by atoms with Gasteiger partial charge in [-0.15, -0.1) is 10.2 Å². The first-order valence-electron chi connectivity index (χ1n) is 10.7. The summed E-state index contributed by atoms with van der Waals surface area (Å²) in [5.74, 6) is 1.07. The monoisotopic (exact) mass is 418 g/mol. The second-order valence-electron chi connectivity index (χ2n) is 8.31. The zero-order chi connectivity index (χ0) is 21.8. The highest BCUT2D eigenvalue weighted by atomic mass is 19.1. The molecule has 0 unspecified atom stereocenters. The summed E-state index contributed by atoms with van der Waals surface area (Å²) < 4.78 is 13.1. The molecule has 2 heterocycles. The molecule has 0 saturated carbocycles. The lowest BCUT2D eigenvalue weighted by Crippen LogP contribution is -2.38. The maximum Gasteiger partial charge on any atom is 0.227 e. The fraction of sp³-hybridized carbons (Fsp3) is 0.320. The van der Waals surface area contributed by atoms with Crippen LogP contribution in [0.1, 0.15) is 38.2 Å². The van der Waals surface area contributed by atoms with E-state index in [0.717, 1.165) is 43.0 Å². The van der Waals surface area contributed by atoms with E-state index in [1.165, 1.54) is 17.7 Å². The Bertz CT molecular complexity index is 1010. The molecule has 0 spiro atoms. The van der Waals surface area contributed by atoms with Gasteiger partial charge in [-0.2, -0.15) is 0 Å². The largest absolute Gasteiger partial charge is 0.355 e. The first-order chi connectivity index (χ1) is 15.0. The van der Waals surface area contributed by atoms with Gasteiger partial charge in [-0.25, -0.2) is 4.39 Å². The summed E-state index contributed by atoms with van der Waals surface area (Å²) in [6.45, 7) is 5.83. The van der Waals surface area contributed by atoms with Crippen molar-refractivity contribution in [3.05, 3.63) is 72.0 Å².